The summed E-state index contributed by atoms with van der Waals surface area (Å²) in [6.45, 7) is 1.98. The first-order chi connectivity index (χ1) is 7.72. The molecule has 0 aliphatic carbocycles. The topological polar surface area (TPSA) is 55.5 Å². The average Bonchev–Trinajstić information content (AvgIpc) is 2.63. The summed E-state index contributed by atoms with van der Waals surface area (Å²) in [6.07, 6.45) is 1.36. The van der Waals surface area contributed by atoms with E-state index in [9.17, 15) is 4.79 Å². The first-order valence-electron chi connectivity index (χ1n) is 4.52. The Balaban J connectivity index is 2.48. The minimum atomic E-state index is -0.0211. The third-order valence-electron chi connectivity index (χ3n) is 2.09. The molecule has 0 saturated heterocycles. The Morgan fingerprint density at radius 2 is 2.06 bits per heavy atom. The number of isocyanates is 1. The molecule has 2 aromatic rings. The van der Waals surface area contributed by atoms with Gasteiger partial charge in [-0.05, 0) is 6.92 Å². The van der Waals surface area contributed by atoms with E-state index in [4.69, 9.17) is 16.1 Å². The molecule has 2 rings (SSSR count). The van der Waals surface area contributed by atoms with Gasteiger partial charge in [0.1, 0.15) is 10.7 Å². The molecule has 0 fully saturated rings. The van der Waals surface area contributed by atoms with E-state index >= 15 is 0 Å². The molecule has 1 aromatic carbocycles. The number of nitrogens with zero attached hydrogens (tertiary/aromatic N) is 2. The van der Waals surface area contributed by atoms with Gasteiger partial charge in [-0.15, -0.1) is 4.99 Å². The normalized spacial score (nSPS) is 9.88. The molecular formula is C11H7ClN2O2. The summed E-state index contributed by atoms with van der Waals surface area (Å²) in [5, 5.41) is 3.97. The fraction of sp³-hybridized carbons (Fsp3) is 0.0909. The van der Waals surface area contributed by atoms with Crippen LogP contribution < -0.4 is 0 Å². The second-order valence-electron chi connectivity index (χ2n) is 3.22. The third kappa shape index (κ3) is 1.89. The Morgan fingerprint density at radius 3 is 2.69 bits per heavy atom. The lowest BCUT2D eigenvalue weighted by atomic mass is 10.1. The molecule has 0 atom stereocenters. The van der Waals surface area contributed by atoms with E-state index in [1.165, 1.54) is 6.08 Å². The van der Waals surface area contributed by atoms with Crippen LogP contribution in [0, 0.1) is 6.92 Å². The van der Waals surface area contributed by atoms with E-state index in [1.807, 2.05) is 31.2 Å². The van der Waals surface area contributed by atoms with Gasteiger partial charge < -0.3 is 4.52 Å². The average molecular weight is 235 g/mol. The van der Waals surface area contributed by atoms with Crippen LogP contribution in [0.1, 0.15) is 5.56 Å². The van der Waals surface area contributed by atoms with Crippen molar-refractivity contribution in [2.24, 2.45) is 4.99 Å². The van der Waals surface area contributed by atoms with Crippen LogP contribution in [0.2, 0.25) is 5.02 Å². The largest absolute Gasteiger partial charge is 0.333 e. The van der Waals surface area contributed by atoms with Crippen LogP contribution in [0.3, 0.4) is 0 Å². The number of aryl methyl sites for hydroxylation is 1. The van der Waals surface area contributed by atoms with Crippen molar-refractivity contribution < 1.29 is 9.32 Å². The lowest BCUT2D eigenvalue weighted by Crippen LogP contribution is -1.78. The van der Waals surface area contributed by atoms with Crippen LogP contribution in [0.5, 0.6) is 0 Å². The van der Waals surface area contributed by atoms with Crippen molar-refractivity contribution >= 4 is 23.6 Å². The molecule has 0 saturated carbocycles. The Kier molecular flexibility index (Phi) is 2.86. The van der Waals surface area contributed by atoms with Crippen molar-refractivity contribution in [1.82, 2.24) is 5.16 Å². The van der Waals surface area contributed by atoms with Crippen molar-refractivity contribution in [3.05, 3.63) is 34.9 Å². The quantitative estimate of drug-likeness (QED) is 0.592. The summed E-state index contributed by atoms with van der Waals surface area (Å²) in [5.74, 6) is -0.0211. The highest BCUT2D eigenvalue weighted by atomic mass is 35.5. The van der Waals surface area contributed by atoms with Gasteiger partial charge in [0.2, 0.25) is 6.08 Å². The predicted octanol–water partition coefficient (Wildman–Crippen LogP) is 3.27. The third-order valence-corrected chi connectivity index (χ3v) is 2.43. The molecular weight excluding hydrogens is 228 g/mol. The fourth-order valence-electron chi connectivity index (χ4n) is 1.27. The summed E-state index contributed by atoms with van der Waals surface area (Å²) in [5.41, 5.74) is 2.41. The van der Waals surface area contributed by atoms with Gasteiger partial charge in [0, 0.05) is 5.56 Å². The van der Waals surface area contributed by atoms with Gasteiger partial charge in [-0.2, -0.15) is 0 Å². The molecule has 16 heavy (non-hydrogen) atoms. The second kappa shape index (κ2) is 4.31. The number of rotatable bonds is 2. The molecule has 0 bridgehead atoms. The van der Waals surface area contributed by atoms with E-state index in [-0.39, 0.29) is 10.9 Å². The highest BCUT2D eigenvalue weighted by Gasteiger charge is 2.14. The van der Waals surface area contributed by atoms with Gasteiger partial charge in [-0.1, -0.05) is 46.6 Å². The van der Waals surface area contributed by atoms with Crippen molar-refractivity contribution in [2.75, 3.05) is 0 Å². The maximum atomic E-state index is 10.1. The van der Waals surface area contributed by atoms with Crippen molar-refractivity contribution in [3.8, 4) is 11.3 Å². The molecule has 0 N–H and O–H groups in total. The maximum absolute atomic E-state index is 10.1. The SMILES string of the molecule is Cc1ccc(-c2noc(N=C=O)c2Cl)cc1. The minimum absolute atomic E-state index is 0.0211. The molecule has 0 radical (unpaired) electrons. The van der Waals surface area contributed by atoms with E-state index in [0.29, 0.717) is 5.69 Å². The van der Waals surface area contributed by atoms with Gasteiger partial charge in [0.05, 0.1) is 0 Å². The fourth-order valence-corrected chi connectivity index (χ4v) is 1.49. The lowest BCUT2D eigenvalue weighted by molar-refractivity contribution is 0.432. The summed E-state index contributed by atoms with van der Waals surface area (Å²) in [4.78, 5) is 13.4. The molecule has 0 spiro atoms. The molecule has 1 heterocycles. The van der Waals surface area contributed by atoms with Crippen LogP contribution >= 0.6 is 11.6 Å². The molecule has 1 aromatic heterocycles. The van der Waals surface area contributed by atoms with E-state index in [1.54, 1.807) is 0 Å². The Hall–Kier alpha value is -1.90. The summed E-state index contributed by atoms with van der Waals surface area (Å²) in [6, 6.07) is 7.60. The Bertz CT molecular complexity index is 554. The molecule has 0 aliphatic heterocycles. The van der Waals surface area contributed by atoms with Crippen LogP contribution in [0.15, 0.2) is 33.8 Å². The van der Waals surface area contributed by atoms with Crippen LogP contribution in [-0.4, -0.2) is 11.2 Å². The smallest absolute Gasteiger partial charge is 0.280 e. The lowest BCUT2D eigenvalue weighted by Gasteiger charge is -1.96. The zero-order valence-corrected chi connectivity index (χ0v) is 9.15. The minimum Gasteiger partial charge on any atom is -0.333 e. The van der Waals surface area contributed by atoms with Crippen LogP contribution in [0.4, 0.5) is 5.88 Å². The van der Waals surface area contributed by atoms with Gasteiger partial charge >= 0.3 is 0 Å². The Labute approximate surface area is 96.5 Å². The summed E-state index contributed by atoms with van der Waals surface area (Å²) >= 11 is 5.95. The first-order valence-corrected chi connectivity index (χ1v) is 4.90. The summed E-state index contributed by atoms with van der Waals surface area (Å²) in [7, 11) is 0. The zero-order chi connectivity index (χ0) is 11.5. The maximum Gasteiger partial charge on any atom is 0.280 e. The van der Waals surface area contributed by atoms with Crippen molar-refractivity contribution in [1.29, 1.82) is 0 Å². The summed E-state index contributed by atoms with van der Waals surface area (Å²) < 4.78 is 4.81. The molecule has 0 aliphatic rings. The van der Waals surface area contributed by atoms with Crippen LogP contribution in [0.25, 0.3) is 11.3 Å². The Morgan fingerprint density at radius 1 is 1.38 bits per heavy atom. The first kappa shape index (κ1) is 10.6. The molecule has 5 heteroatoms. The van der Waals surface area contributed by atoms with Crippen LogP contribution in [-0.2, 0) is 4.79 Å². The number of carbonyl (C=O) groups excluding carboxylic acids is 1. The monoisotopic (exact) mass is 234 g/mol. The van der Waals surface area contributed by atoms with Crippen molar-refractivity contribution in [2.45, 2.75) is 6.92 Å². The van der Waals surface area contributed by atoms with Crippen molar-refractivity contribution in [3.63, 3.8) is 0 Å². The van der Waals surface area contributed by atoms with Gasteiger partial charge in [0.25, 0.3) is 5.88 Å². The number of aliphatic imine (C=N–C) groups is 1. The van der Waals surface area contributed by atoms with E-state index in [0.717, 1.165) is 11.1 Å². The zero-order valence-electron chi connectivity index (χ0n) is 8.40. The number of hydrogen-bond donors (Lipinski definition) is 0. The molecule has 80 valence electrons. The number of hydrogen-bond acceptors (Lipinski definition) is 4. The molecule has 0 amide bonds. The number of aromatic nitrogens is 1. The second-order valence-corrected chi connectivity index (χ2v) is 3.60. The highest BCUT2D eigenvalue weighted by Crippen LogP contribution is 2.34. The standard InChI is InChI=1S/C11H7ClN2O2/c1-7-2-4-8(5-3-7)10-9(12)11(13-6-15)16-14-10/h2-5H,1H3. The molecule has 0 unspecified atom stereocenters. The van der Waals surface area contributed by atoms with Gasteiger partial charge in [-0.3, -0.25) is 0 Å². The number of benzene rings is 1. The number of halogens is 1. The van der Waals surface area contributed by atoms with Gasteiger partial charge in [0.15, 0.2) is 0 Å². The van der Waals surface area contributed by atoms with E-state index in [2.05, 4.69) is 10.1 Å². The predicted molar refractivity (Wildman–Crippen MR) is 59.5 cm³/mol. The highest BCUT2D eigenvalue weighted by molar-refractivity contribution is 6.35. The van der Waals surface area contributed by atoms with Gasteiger partial charge in [-0.25, -0.2) is 4.79 Å². The molecule has 4 nitrogen and oxygen atoms in total. The van der Waals surface area contributed by atoms with E-state index < -0.39 is 0 Å².